The van der Waals surface area contributed by atoms with E-state index in [1.165, 1.54) is 0 Å². The minimum absolute atomic E-state index is 0.0203. The van der Waals surface area contributed by atoms with Crippen LogP contribution < -0.4 is 0 Å². The van der Waals surface area contributed by atoms with E-state index >= 15 is 0 Å². The Balaban J connectivity index is 1.27. The van der Waals surface area contributed by atoms with Crippen molar-refractivity contribution in [3.63, 3.8) is 0 Å². The number of hydrogen-bond donors (Lipinski definition) is 0. The quantitative estimate of drug-likeness (QED) is 0.176. The van der Waals surface area contributed by atoms with E-state index in [-0.39, 0.29) is 54.6 Å². The first-order valence-corrected chi connectivity index (χ1v) is 15.2. The number of benzene rings is 9. The van der Waals surface area contributed by atoms with Gasteiger partial charge in [-0.2, -0.15) is 0 Å². The summed E-state index contributed by atoms with van der Waals surface area (Å²) < 4.78 is 220. The Morgan fingerprint density at radius 3 is 1.48 bits per heavy atom. The topological polar surface area (TPSA) is 26.3 Å². The maximum absolute atomic E-state index is 9.74. The Morgan fingerprint density at radius 2 is 0.820 bits per heavy atom. The molecule has 50 heavy (non-hydrogen) atoms. The molecule has 2 aromatic heterocycles. The number of furan rings is 2. The van der Waals surface area contributed by atoms with Crippen LogP contribution in [0.1, 0.15) is 31.5 Å². The minimum atomic E-state index is -0.919. The molecule has 0 fully saturated rings. The van der Waals surface area contributed by atoms with Gasteiger partial charge in [0.2, 0.25) is 0 Å². The highest BCUT2D eigenvalue weighted by Crippen LogP contribution is 2.45. The zero-order valence-corrected chi connectivity index (χ0v) is 25.2. The molecule has 2 heteroatoms. The van der Waals surface area contributed by atoms with Crippen molar-refractivity contribution < 1.29 is 40.4 Å². The van der Waals surface area contributed by atoms with Crippen molar-refractivity contribution in [2.45, 2.75) is 0 Å². The van der Waals surface area contributed by atoms with Crippen LogP contribution in [0.2, 0.25) is 0 Å². The van der Waals surface area contributed by atoms with Crippen LogP contribution in [0.5, 0.6) is 0 Å². The van der Waals surface area contributed by atoms with E-state index in [1.54, 1.807) is 30.3 Å². The molecule has 0 atom stereocenters. The second-order valence-corrected chi connectivity index (χ2v) is 11.4. The third-order valence-corrected chi connectivity index (χ3v) is 8.65. The summed E-state index contributed by atoms with van der Waals surface area (Å²) in [6.07, 6.45) is 0. The summed E-state index contributed by atoms with van der Waals surface area (Å²) in [5.41, 5.74) is -3.88. The molecule has 0 radical (unpaired) electrons. The van der Waals surface area contributed by atoms with Crippen LogP contribution in [0.4, 0.5) is 0 Å². The normalized spacial score (nSPS) is 18.4. The van der Waals surface area contributed by atoms with E-state index in [0.717, 1.165) is 0 Å². The smallest absolute Gasteiger partial charge is 0.136 e. The Labute approximate surface area is 319 Å². The van der Waals surface area contributed by atoms with E-state index in [4.69, 9.17) is 22.5 Å². The number of rotatable bonds is 3. The summed E-state index contributed by atoms with van der Waals surface area (Å²) in [4.78, 5) is 0. The van der Waals surface area contributed by atoms with Gasteiger partial charge in [-0.25, -0.2) is 0 Å². The molecule has 232 valence electrons. The molecular formula is C48H28O2. The van der Waals surface area contributed by atoms with Crippen molar-refractivity contribution in [2.24, 2.45) is 0 Å². The van der Waals surface area contributed by atoms with Gasteiger partial charge in [0.05, 0.1) is 31.5 Å². The molecule has 0 aliphatic heterocycles. The second-order valence-electron chi connectivity index (χ2n) is 11.4. The first-order chi connectivity index (χ1) is 34.4. The summed E-state index contributed by atoms with van der Waals surface area (Å²) >= 11 is 0. The highest BCUT2D eigenvalue weighted by atomic mass is 16.3. The third kappa shape index (κ3) is 3.96. The van der Waals surface area contributed by atoms with Gasteiger partial charge in [0.1, 0.15) is 22.3 Å². The highest BCUT2D eigenvalue weighted by Gasteiger charge is 2.18. The van der Waals surface area contributed by atoms with Gasteiger partial charge in [0.25, 0.3) is 0 Å². The molecular weight excluding hydrogens is 609 g/mol. The SMILES string of the molecule is [2H]c1c([2H])c([2H])c2c(oc3c([2H])c([2H])c4oc5c([2H])c(-c6c([2H])c([2H])c7c([2H])c(-c8c9c([2H])c([2H])c([2H])c([2H])c9c(-c9ccccc9)c9c([2H])c([2H])c([2H])c([2H])c89)c([2H])c([2H])c7c6[2H])c([2H])c([2H])c5c4c32)c1[2H]. The molecule has 0 aliphatic rings. The van der Waals surface area contributed by atoms with E-state index < -0.39 is 194 Å². The van der Waals surface area contributed by atoms with Crippen LogP contribution in [-0.2, 0) is 0 Å². The van der Waals surface area contributed by atoms with Crippen LogP contribution in [0, 0.1) is 0 Å². The van der Waals surface area contributed by atoms with Crippen molar-refractivity contribution in [3.05, 3.63) is 169 Å². The molecule has 0 N–H and O–H groups in total. The zero-order chi connectivity index (χ0) is 52.8. The summed E-state index contributed by atoms with van der Waals surface area (Å²) in [6, 6.07) is -9.11. The van der Waals surface area contributed by atoms with Crippen molar-refractivity contribution >= 4 is 76.2 Å². The summed E-state index contributed by atoms with van der Waals surface area (Å²) in [5.74, 6) is 0. The molecule has 0 aliphatic carbocycles. The standard InChI is InChI=1S/C48H28O2/c1-2-10-29(11-3-1)45-35-12-4-6-14-37(35)46(38-15-7-5-13-36(38)45)34-21-20-30-26-31(18-19-32(30)27-34)33-22-23-40-44(28-33)50-43-25-24-42-47(48(40)43)39-16-8-9-17-41(39)49-42/h1-28H/i4D,5D,6D,7D,8D,9D,12D,13D,14D,15D,16D,17D,18D,19D,20D,21D,22D,23D,24D,25D,26D,27D,28D. The zero-order valence-electron chi connectivity index (χ0n) is 48.2. The maximum Gasteiger partial charge on any atom is 0.136 e. The van der Waals surface area contributed by atoms with Gasteiger partial charge in [-0.1, -0.05) is 127 Å². The Kier molecular flexibility index (Phi) is 2.78. The first-order valence-electron chi connectivity index (χ1n) is 26.7. The molecule has 0 bridgehead atoms. The van der Waals surface area contributed by atoms with E-state index in [0.29, 0.717) is 0 Å². The second kappa shape index (κ2) is 10.4. The number of fused-ring (bicyclic) bond motifs is 10. The van der Waals surface area contributed by atoms with Crippen LogP contribution >= 0.6 is 0 Å². The van der Waals surface area contributed by atoms with Crippen molar-refractivity contribution in [2.75, 3.05) is 0 Å². The van der Waals surface area contributed by atoms with Crippen LogP contribution in [0.3, 0.4) is 0 Å². The average Bonchev–Trinajstić information content (AvgIpc) is 3.98. The Morgan fingerprint density at radius 1 is 0.340 bits per heavy atom. The van der Waals surface area contributed by atoms with Gasteiger partial charge in [0, 0.05) is 21.5 Å². The van der Waals surface area contributed by atoms with Gasteiger partial charge < -0.3 is 8.83 Å². The van der Waals surface area contributed by atoms with Gasteiger partial charge in [-0.05, 0) is 108 Å². The largest absolute Gasteiger partial charge is 0.456 e. The minimum Gasteiger partial charge on any atom is -0.456 e. The molecule has 11 rings (SSSR count). The first kappa shape index (κ1) is 13.3. The molecule has 0 saturated heterocycles. The fourth-order valence-electron chi connectivity index (χ4n) is 6.51. The molecule has 11 aromatic rings. The summed E-state index contributed by atoms with van der Waals surface area (Å²) in [6.45, 7) is 0. The van der Waals surface area contributed by atoms with Gasteiger partial charge in [-0.3, -0.25) is 0 Å². The van der Waals surface area contributed by atoms with Crippen molar-refractivity contribution in [3.8, 4) is 33.4 Å². The summed E-state index contributed by atoms with van der Waals surface area (Å²) in [7, 11) is 0. The van der Waals surface area contributed by atoms with Gasteiger partial charge in [-0.15, -0.1) is 0 Å². The third-order valence-electron chi connectivity index (χ3n) is 8.65. The molecule has 0 amide bonds. The molecule has 0 spiro atoms. The van der Waals surface area contributed by atoms with Gasteiger partial charge in [0.15, 0.2) is 0 Å². The van der Waals surface area contributed by atoms with Crippen LogP contribution in [0.25, 0.3) is 110 Å². The fraction of sp³-hybridized carbons (Fsp3) is 0. The monoisotopic (exact) mass is 659 g/mol. The summed E-state index contributed by atoms with van der Waals surface area (Å²) in [5, 5.41) is -3.46. The van der Waals surface area contributed by atoms with E-state index in [9.17, 15) is 17.8 Å². The van der Waals surface area contributed by atoms with E-state index in [2.05, 4.69) is 0 Å². The lowest BCUT2D eigenvalue weighted by atomic mass is 9.85. The predicted octanol–water partition coefficient (Wildman–Crippen LogP) is 13.9. The lowest BCUT2D eigenvalue weighted by molar-refractivity contribution is 0.663. The Bertz CT molecular complexity index is 4380. The maximum atomic E-state index is 9.74. The van der Waals surface area contributed by atoms with E-state index in [1.807, 2.05) is 0 Å². The molecule has 0 saturated carbocycles. The number of hydrogen-bond acceptors (Lipinski definition) is 2. The molecule has 9 aromatic carbocycles. The predicted molar refractivity (Wildman–Crippen MR) is 210 cm³/mol. The van der Waals surface area contributed by atoms with Gasteiger partial charge >= 0.3 is 0 Å². The van der Waals surface area contributed by atoms with Crippen molar-refractivity contribution in [1.29, 1.82) is 0 Å². The molecule has 2 nitrogen and oxygen atoms in total. The lowest BCUT2D eigenvalue weighted by Crippen LogP contribution is -1.90. The molecule has 2 heterocycles. The number of para-hydroxylation sites is 1. The highest BCUT2D eigenvalue weighted by molar-refractivity contribution is 6.26. The lowest BCUT2D eigenvalue weighted by Gasteiger charge is -2.18. The van der Waals surface area contributed by atoms with Crippen LogP contribution in [-0.4, -0.2) is 0 Å². The van der Waals surface area contributed by atoms with Crippen molar-refractivity contribution in [1.82, 2.24) is 0 Å². The average molecular weight is 660 g/mol. The fourth-order valence-corrected chi connectivity index (χ4v) is 6.51. The Hall–Kier alpha value is -6.64. The van der Waals surface area contributed by atoms with Crippen LogP contribution in [0.15, 0.2) is 178 Å². The molecule has 0 unspecified atom stereocenters.